The lowest BCUT2D eigenvalue weighted by atomic mass is 9.80. The van der Waals surface area contributed by atoms with E-state index in [2.05, 4.69) is 50.5 Å². The van der Waals surface area contributed by atoms with E-state index in [1.54, 1.807) is 0 Å². The van der Waals surface area contributed by atoms with Crippen LogP contribution in [0.1, 0.15) is 66.8 Å². The lowest BCUT2D eigenvalue weighted by Gasteiger charge is -2.33. The zero-order valence-corrected chi connectivity index (χ0v) is 17.7. The van der Waals surface area contributed by atoms with Crippen molar-refractivity contribution in [2.45, 2.75) is 66.3 Å². The molecule has 144 valence electrons. The van der Waals surface area contributed by atoms with Crippen LogP contribution in [0, 0.1) is 25.7 Å². The fourth-order valence-electron chi connectivity index (χ4n) is 4.07. The Labute approximate surface area is 163 Å². The molecule has 2 nitrogen and oxygen atoms in total. The number of hydrogen-bond donors (Lipinski definition) is 1. The quantitative estimate of drug-likeness (QED) is 0.391. The third kappa shape index (κ3) is 5.51. The van der Waals surface area contributed by atoms with E-state index in [9.17, 15) is 5.11 Å². The van der Waals surface area contributed by atoms with Crippen LogP contribution < -0.4 is 0 Å². The minimum atomic E-state index is 0.208. The monoisotopic (exact) mass is 373 g/mol. The lowest BCUT2D eigenvalue weighted by Crippen LogP contribution is -2.31. The highest BCUT2D eigenvalue weighted by Crippen LogP contribution is 2.34. The molecule has 1 fully saturated rings. The van der Waals surface area contributed by atoms with Crippen molar-refractivity contribution in [1.29, 1.82) is 0 Å². The molecule has 2 rings (SSSR count). The molecule has 1 N–H and O–H groups in total. The number of allylic oxidation sites excluding steroid dienone is 3. The van der Waals surface area contributed by atoms with Gasteiger partial charge in [0.05, 0.1) is 6.54 Å². The second-order valence-electron chi connectivity index (χ2n) is 7.61. The SMILES string of the molecule is C=C(O)N(Cc1sc(C)c(/C=C\C=C\C)c1C)CC1CCCC(CC)C1. The number of thiophene rings is 1. The highest BCUT2D eigenvalue weighted by atomic mass is 32.1. The number of aliphatic hydroxyl groups is 1. The Morgan fingerprint density at radius 3 is 2.65 bits per heavy atom. The molecule has 1 aliphatic rings. The summed E-state index contributed by atoms with van der Waals surface area (Å²) in [6, 6.07) is 0. The Kier molecular flexibility index (Phi) is 8.02. The predicted octanol–water partition coefficient (Wildman–Crippen LogP) is 7.00. The molecule has 0 amide bonds. The van der Waals surface area contributed by atoms with E-state index in [0.29, 0.717) is 5.92 Å². The van der Waals surface area contributed by atoms with Crippen molar-refractivity contribution in [3.8, 4) is 0 Å². The third-order valence-electron chi connectivity index (χ3n) is 5.69. The third-order valence-corrected chi connectivity index (χ3v) is 6.90. The first-order valence-electron chi connectivity index (χ1n) is 9.97. The van der Waals surface area contributed by atoms with Crippen LogP contribution in [0.5, 0.6) is 0 Å². The zero-order valence-electron chi connectivity index (χ0n) is 16.9. The van der Waals surface area contributed by atoms with Gasteiger partial charge >= 0.3 is 0 Å². The van der Waals surface area contributed by atoms with Crippen LogP contribution in [-0.2, 0) is 6.54 Å². The van der Waals surface area contributed by atoms with Gasteiger partial charge < -0.3 is 10.0 Å². The highest BCUT2D eigenvalue weighted by Gasteiger charge is 2.24. The Bertz CT molecular complexity index is 655. The zero-order chi connectivity index (χ0) is 19.1. The van der Waals surface area contributed by atoms with E-state index < -0.39 is 0 Å². The standard InChI is InChI=1S/C23H35NOS/c1-6-8-9-13-22-17(3)23(26-18(22)4)16-24(19(5)25)15-21-12-10-11-20(7-2)14-21/h6,8-9,13,20-21,25H,5,7,10-12,14-16H2,1-4H3/b8-6+,13-9-. The smallest absolute Gasteiger partial charge is 0.179 e. The summed E-state index contributed by atoms with van der Waals surface area (Å²) in [5.41, 5.74) is 2.64. The van der Waals surface area contributed by atoms with E-state index in [0.717, 1.165) is 19.0 Å². The largest absolute Gasteiger partial charge is 0.495 e. The second-order valence-corrected chi connectivity index (χ2v) is 8.92. The van der Waals surface area contributed by atoms with Crippen LogP contribution in [0.15, 0.2) is 30.7 Å². The highest BCUT2D eigenvalue weighted by molar-refractivity contribution is 7.12. The van der Waals surface area contributed by atoms with Crippen molar-refractivity contribution in [1.82, 2.24) is 4.90 Å². The summed E-state index contributed by atoms with van der Waals surface area (Å²) < 4.78 is 0. The molecule has 0 saturated heterocycles. The van der Waals surface area contributed by atoms with Gasteiger partial charge in [0.1, 0.15) is 0 Å². The van der Waals surface area contributed by atoms with Gasteiger partial charge in [-0.3, -0.25) is 0 Å². The summed E-state index contributed by atoms with van der Waals surface area (Å²) >= 11 is 1.84. The molecule has 2 atom stereocenters. The summed E-state index contributed by atoms with van der Waals surface area (Å²) in [4.78, 5) is 4.76. The van der Waals surface area contributed by atoms with Gasteiger partial charge in [-0.25, -0.2) is 0 Å². The minimum absolute atomic E-state index is 0.208. The Hall–Kier alpha value is -1.48. The number of aliphatic hydroxyl groups excluding tert-OH is 1. The first-order chi connectivity index (χ1) is 12.5. The number of rotatable bonds is 8. The molecule has 0 bridgehead atoms. The molecule has 1 aromatic rings. The second kappa shape index (κ2) is 10.0. The van der Waals surface area contributed by atoms with Crippen LogP contribution >= 0.6 is 11.3 Å². The normalized spacial score (nSPS) is 20.9. The Morgan fingerprint density at radius 2 is 2.00 bits per heavy atom. The molecule has 0 aliphatic heterocycles. The summed E-state index contributed by atoms with van der Waals surface area (Å²) in [6.07, 6.45) is 14.9. The van der Waals surface area contributed by atoms with E-state index in [4.69, 9.17) is 0 Å². The fourth-order valence-corrected chi connectivity index (χ4v) is 5.26. The van der Waals surface area contributed by atoms with Gasteiger partial charge in [0, 0.05) is 16.3 Å². The molecule has 2 unspecified atom stereocenters. The fraction of sp³-hybridized carbons (Fsp3) is 0.565. The molecule has 1 aliphatic carbocycles. The summed E-state index contributed by atoms with van der Waals surface area (Å²) in [5.74, 6) is 1.74. The molecule has 3 heteroatoms. The van der Waals surface area contributed by atoms with Crippen molar-refractivity contribution in [3.63, 3.8) is 0 Å². The van der Waals surface area contributed by atoms with Crippen molar-refractivity contribution >= 4 is 17.4 Å². The van der Waals surface area contributed by atoms with E-state index in [-0.39, 0.29) is 5.88 Å². The van der Waals surface area contributed by atoms with Crippen molar-refractivity contribution < 1.29 is 5.11 Å². The maximum absolute atomic E-state index is 10.2. The van der Waals surface area contributed by atoms with Crippen molar-refractivity contribution in [3.05, 3.63) is 51.6 Å². The molecule has 0 aromatic carbocycles. The van der Waals surface area contributed by atoms with Crippen LogP contribution in [-0.4, -0.2) is 16.6 Å². The van der Waals surface area contributed by atoms with Gasteiger partial charge in [0.2, 0.25) is 0 Å². The first-order valence-corrected chi connectivity index (χ1v) is 10.8. The van der Waals surface area contributed by atoms with Crippen LogP contribution in [0.2, 0.25) is 0 Å². The summed E-state index contributed by atoms with van der Waals surface area (Å²) in [6.45, 7) is 14.2. The predicted molar refractivity (Wildman–Crippen MR) is 116 cm³/mol. The van der Waals surface area contributed by atoms with Gasteiger partial charge in [-0.1, -0.05) is 50.5 Å². The molecule has 1 aromatic heterocycles. The molecule has 0 radical (unpaired) electrons. The molecular formula is C23H35NOS. The van der Waals surface area contributed by atoms with Gasteiger partial charge in [-0.05, 0) is 63.2 Å². The Morgan fingerprint density at radius 1 is 1.27 bits per heavy atom. The maximum Gasteiger partial charge on any atom is 0.179 e. The maximum atomic E-state index is 10.2. The molecular weight excluding hydrogens is 338 g/mol. The van der Waals surface area contributed by atoms with E-state index in [1.807, 2.05) is 24.3 Å². The molecule has 1 saturated carbocycles. The van der Waals surface area contributed by atoms with Gasteiger partial charge in [-0.2, -0.15) is 0 Å². The number of hydrogen-bond acceptors (Lipinski definition) is 3. The van der Waals surface area contributed by atoms with E-state index in [1.165, 1.54) is 53.0 Å². The minimum Gasteiger partial charge on any atom is -0.495 e. The van der Waals surface area contributed by atoms with Crippen molar-refractivity contribution in [2.24, 2.45) is 11.8 Å². The number of aryl methyl sites for hydroxylation is 1. The first kappa shape index (κ1) is 20.8. The number of nitrogens with zero attached hydrogens (tertiary/aromatic N) is 1. The summed E-state index contributed by atoms with van der Waals surface area (Å²) in [5, 5.41) is 10.2. The van der Waals surface area contributed by atoms with Gasteiger partial charge in [0.15, 0.2) is 5.88 Å². The molecule has 0 spiro atoms. The topological polar surface area (TPSA) is 23.5 Å². The summed E-state index contributed by atoms with van der Waals surface area (Å²) in [7, 11) is 0. The van der Waals surface area contributed by atoms with Crippen LogP contribution in [0.25, 0.3) is 6.08 Å². The van der Waals surface area contributed by atoms with Gasteiger partial charge in [0.25, 0.3) is 0 Å². The molecule has 1 heterocycles. The Balaban J connectivity index is 2.10. The lowest BCUT2D eigenvalue weighted by molar-refractivity contribution is 0.142. The average molecular weight is 374 g/mol. The van der Waals surface area contributed by atoms with E-state index >= 15 is 0 Å². The van der Waals surface area contributed by atoms with Crippen molar-refractivity contribution in [2.75, 3.05) is 6.54 Å². The molecule has 26 heavy (non-hydrogen) atoms. The average Bonchev–Trinajstić information content (AvgIpc) is 2.88. The van der Waals surface area contributed by atoms with Gasteiger partial charge in [-0.15, -0.1) is 11.3 Å². The van der Waals surface area contributed by atoms with Crippen LogP contribution in [0.3, 0.4) is 0 Å². The van der Waals surface area contributed by atoms with Crippen LogP contribution in [0.4, 0.5) is 0 Å².